The van der Waals surface area contributed by atoms with E-state index in [-0.39, 0.29) is 0 Å². The molecule has 0 radical (unpaired) electrons. The van der Waals surface area contributed by atoms with Crippen molar-refractivity contribution in [3.63, 3.8) is 0 Å². The van der Waals surface area contributed by atoms with Crippen LogP contribution in [0, 0.1) is 0 Å². The van der Waals surface area contributed by atoms with Crippen LogP contribution < -0.4 is 14.7 Å². The fraction of sp³-hybridized carbons (Fsp3) is 0.273. The van der Waals surface area contributed by atoms with Gasteiger partial charge in [0.2, 0.25) is 0 Å². The first-order valence-corrected chi connectivity index (χ1v) is 7.96. The van der Waals surface area contributed by atoms with E-state index in [4.69, 9.17) is 4.74 Å². The van der Waals surface area contributed by atoms with Gasteiger partial charge < -0.3 is 27.3 Å². The zero-order chi connectivity index (χ0) is 16.8. The van der Waals surface area contributed by atoms with E-state index in [0.29, 0.717) is 0 Å². The number of rotatable bonds is 4. The highest BCUT2D eigenvalue weighted by molar-refractivity contribution is 8.00. The van der Waals surface area contributed by atoms with Gasteiger partial charge in [0.05, 0.1) is 7.11 Å². The number of aromatic nitrogens is 2. The van der Waals surface area contributed by atoms with Crippen LogP contribution in [0.4, 0.5) is 28.1 Å². The summed E-state index contributed by atoms with van der Waals surface area (Å²) in [5, 5.41) is 8.55. The van der Waals surface area contributed by atoms with Crippen LogP contribution in [0.5, 0.6) is 5.75 Å². The van der Waals surface area contributed by atoms with Crippen LogP contribution in [0.2, 0.25) is 0 Å². The molecule has 1 heterocycles. The van der Waals surface area contributed by atoms with E-state index in [9.17, 15) is 17.3 Å². The first-order valence-electron chi connectivity index (χ1n) is 5.92. The Bertz CT molecular complexity index is 586. The van der Waals surface area contributed by atoms with Crippen molar-refractivity contribution in [2.75, 3.05) is 18.7 Å². The van der Waals surface area contributed by atoms with Gasteiger partial charge in [-0.15, -0.1) is 0 Å². The number of nitrogens with one attached hydrogen (secondary N) is 1. The van der Waals surface area contributed by atoms with Crippen molar-refractivity contribution in [2.45, 2.75) is 4.34 Å². The Morgan fingerprint density at radius 2 is 1.77 bits per heavy atom. The molecule has 0 bridgehead atoms. The Kier molecular flexibility index (Phi) is 6.94. The fourth-order valence-corrected chi connectivity index (χ4v) is 2.91. The van der Waals surface area contributed by atoms with Crippen molar-refractivity contribution >= 4 is 41.2 Å². The third-order valence-electron chi connectivity index (χ3n) is 2.20. The van der Waals surface area contributed by atoms with E-state index in [1.165, 1.54) is 4.34 Å². The van der Waals surface area contributed by atoms with Gasteiger partial charge in [-0.1, -0.05) is 4.68 Å². The summed E-state index contributed by atoms with van der Waals surface area (Å²) in [7, 11) is -2.39. The zero-order valence-corrected chi connectivity index (χ0v) is 13.7. The monoisotopic (exact) mass is 355 g/mol. The van der Waals surface area contributed by atoms with E-state index < -0.39 is 7.25 Å². The van der Waals surface area contributed by atoms with Crippen molar-refractivity contribution in [3.05, 3.63) is 24.3 Å². The predicted molar refractivity (Wildman–Crippen MR) is 81.5 cm³/mol. The molecule has 22 heavy (non-hydrogen) atoms. The van der Waals surface area contributed by atoms with Crippen LogP contribution in [0.3, 0.4) is 0 Å². The lowest BCUT2D eigenvalue weighted by atomic mass is 10.3. The van der Waals surface area contributed by atoms with Crippen molar-refractivity contribution in [3.8, 4) is 5.75 Å². The number of ether oxygens (including phenoxy) is 1. The Hall–Kier alpha value is -1.49. The summed E-state index contributed by atoms with van der Waals surface area (Å²) >= 11 is 3.33. The summed E-state index contributed by atoms with van der Waals surface area (Å²) in [6.07, 6.45) is 2.05. The second-order valence-electron chi connectivity index (χ2n) is 3.85. The number of nitrogens with zero attached hydrogens (tertiary/aromatic N) is 2. The Morgan fingerprint density at radius 3 is 2.18 bits per heavy atom. The SMILES string of the molecule is COc1ccc(Nc2n[n+](C)c(SC)s2)cc1.F[B-](F)(F)F. The molecule has 0 amide bonds. The second kappa shape index (κ2) is 8.23. The number of hydrogen-bond donors (Lipinski definition) is 1. The molecule has 0 saturated carbocycles. The molecule has 122 valence electrons. The van der Waals surface area contributed by atoms with Crippen molar-refractivity contribution in [2.24, 2.45) is 7.05 Å². The molecule has 1 aromatic heterocycles. The quantitative estimate of drug-likeness (QED) is 0.393. The van der Waals surface area contributed by atoms with Crippen molar-refractivity contribution in [1.29, 1.82) is 0 Å². The maximum atomic E-state index is 9.75. The molecule has 0 atom stereocenters. The molecule has 0 aliphatic heterocycles. The first-order chi connectivity index (χ1) is 10.2. The van der Waals surface area contributed by atoms with E-state index in [1.807, 2.05) is 42.3 Å². The molecule has 0 unspecified atom stereocenters. The summed E-state index contributed by atoms with van der Waals surface area (Å²) in [6.45, 7) is 0. The topological polar surface area (TPSA) is 38.0 Å². The minimum atomic E-state index is -6.00. The molecule has 0 aliphatic carbocycles. The number of halogens is 4. The summed E-state index contributed by atoms with van der Waals surface area (Å²) in [6, 6.07) is 7.79. The van der Waals surface area contributed by atoms with Gasteiger partial charge in [0.15, 0.2) is 7.05 Å². The molecule has 0 aliphatic rings. The van der Waals surface area contributed by atoms with Gasteiger partial charge in [-0.2, -0.15) is 0 Å². The van der Waals surface area contributed by atoms with Crippen LogP contribution in [0.25, 0.3) is 0 Å². The Labute approximate surface area is 133 Å². The normalized spacial score (nSPS) is 10.7. The molecular weight excluding hydrogens is 341 g/mol. The number of aryl methyl sites for hydroxylation is 1. The molecule has 0 fully saturated rings. The number of methoxy groups -OCH3 is 1. The summed E-state index contributed by atoms with van der Waals surface area (Å²) < 4.78 is 47.2. The van der Waals surface area contributed by atoms with Crippen LogP contribution in [0.15, 0.2) is 28.6 Å². The lowest BCUT2D eigenvalue weighted by molar-refractivity contribution is -0.757. The molecule has 2 rings (SSSR count). The maximum Gasteiger partial charge on any atom is 0.673 e. The summed E-state index contributed by atoms with van der Waals surface area (Å²) in [5.74, 6) is 0.852. The van der Waals surface area contributed by atoms with Gasteiger partial charge in [0.1, 0.15) is 5.75 Å². The average Bonchev–Trinajstić information content (AvgIpc) is 2.78. The smallest absolute Gasteiger partial charge is 0.497 e. The minimum absolute atomic E-state index is 0.852. The van der Waals surface area contributed by atoms with Gasteiger partial charge in [-0.05, 0) is 53.6 Å². The van der Waals surface area contributed by atoms with Gasteiger partial charge >= 0.3 is 11.6 Å². The predicted octanol–water partition coefficient (Wildman–Crippen LogP) is 3.74. The summed E-state index contributed by atoms with van der Waals surface area (Å²) in [5.41, 5.74) is 1.01. The highest BCUT2D eigenvalue weighted by Gasteiger charge is 2.20. The highest BCUT2D eigenvalue weighted by atomic mass is 32.2. The van der Waals surface area contributed by atoms with E-state index in [2.05, 4.69) is 10.4 Å². The molecule has 1 aromatic carbocycles. The third kappa shape index (κ3) is 6.99. The Balaban J connectivity index is 0.000000422. The molecule has 4 nitrogen and oxygen atoms in total. The third-order valence-corrected chi connectivity index (χ3v) is 4.38. The van der Waals surface area contributed by atoms with Gasteiger partial charge in [-0.3, -0.25) is 0 Å². The first kappa shape index (κ1) is 18.6. The molecule has 1 N–H and O–H groups in total. The van der Waals surface area contributed by atoms with Gasteiger partial charge in [0.25, 0.3) is 5.13 Å². The van der Waals surface area contributed by atoms with Crippen molar-refractivity contribution < 1.29 is 26.7 Å². The highest BCUT2D eigenvalue weighted by Crippen LogP contribution is 2.25. The van der Waals surface area contributed by atoms with E-state index in [0.717, 1.165) is 16.6 Å². The molecule has 2 aromatic rings. The average molecular weight is 355 g/mol. The van der Waals surface area contributed by atoms with Crippen molar-refractivity contribution in [1.82, 2.24) is 5.10 Å². The Morgan fingerprint density at radius 1 is 1.23 bits per heavy atom. The molecule has 0 spiro atoms. The lowest BCUT2D eigenvalue weighted by Crippen LogP contribution is -2.31. The zero-order valence-electron chi connectivity index (χ0n) is 12.0. The standard InChI is InChI=1S/C11H14N3OS2.BF4/c1-14-11(16-3)17-10(13-14)12-8-4-6-9(15-2)7-5-8;2-1(3,4)5/h4-7H,1-3H3,(H,12,13);/q+1;-1. The lowest BCUT2D eigenvalue weighted by Gasteiger charge is -2.02. The van der Waals surface area contributed by atoms with Gasteiger partial charge in [-0.25, -0.2) is 0 Å². The van der Waals surface area contributed by atoms with Crippen LogP contribution in [0.1, 0.15) is 0 Å². The second-order valence-corrected chi connectivity index (χ2v) is 5.88. The van der Waals surface area contributed by atoms with E-state index in [1.54, 1.807) is 30.2 Å². The van der Waals surface area contributed by atoms with E-state index >= 15 is 0 Å². The number of anilines is 2. The molecular formula is C11H14BF4N3OS2. The maximum absolute atomic E-state index is 9.75. The van der Waals surface area contributed by atoms with Crippen LogP contribution >= 0.6 is 23.1 Å². The minimum Gasteiger partial charge on any atom is -0.497 e. The number of benzene rings is 1. The molecule has 0 saturated heterocycles. The number of thioether (sulfide) groups is 1. The number of hydrogen-bond acceptors (Lipinski definition) is 5. The molecule has 11 heteroatoms. The van der Waals surface area contributed by atoms with Crippen LogP contribution in [-0.2, 0) is 7.05 Å². The summed E-state index contributed by atoms with van der Waals surface area (Å²) in [4.78, 5) is 0. The fourth-order valence-electron chi connectivity index (χ4n) is 1.37. The van der Waals surface area contributed by atoms with Gasteiger partial charge in [0, 0.05) is 10.8 Å². The largest absolute Gasteiger partial charge is 0.673 e. The van der Waals surface area contributed by atoms with Crippen LogP contribution in [-0.4, -0.2) is 25.7 Å².